The fourth-order valence-electron chi connectivity index (χ4n) is 1.60. The number of benzene rings is 1. The Balaban J connectivity index is 2.09. The fourth-order valence-corrected chi connectivity index (χ4v) is 2.45. The van der Waals surface area contributed by atoms with Crippen molar-refractivity contribution in [2.45, 2.75) is 27.7 Å². The van der Waals surface area contributed by atoms with Crippen LogP contribution in [0.15, 0.2) is 18.2 Å². The van der Waals surface area contributed by atoms with Gasteiger partial charge >= 0.3 is 0 Å². The molecule has 1 aromatic heterocycles. The molecule has 0 amide bonds. The summed E-state index contributed by atoms with van der Waals surface area (Å²) in [5.74, 6) is 1.38. The average molecular weight is 248 g/mol. The van der Waals surface area contributed by atoms with Crippen molar-refractivity contribution in [2.75, 3.05) is 11.9 Å². The number of nitrogens with one attached hydrogen (secondary N) is 1. The fraction of sp³-hybridized carbons (Fsp3) is 0.500. The van der Waals surface area contributed by atoms with E-state index in [1.54, 1.807) is 11.3 Å². The molecule has 0 radical (unpaired) electrons. The lowest BCUT2D eigenvalue weighted by atomic mass is 9.98. The van der Waals surface area contributed by atoms with E-state index in [4.69, 9.17) is 0 Å². The van der Waals surface area contributed by atoms with Gasteiger partial charge in [0.25, 0.3) is 0 Å². The molecule has 92 valence electrons. The molecule has 0 bridgehead atoms. The standard InChI is InChI=1S/C14H20N2S/c1-9(2)11(4)8-15-14-16-12-7-10(3)5-6-13(12)17-14/h5-7,9,11H,8H2,1-4H3,(H,15,16). The summed E-state index contributed by atoms with van der Waals surface area (Å²) in [5, 5.41) is 4.48. The number of aryl methyl sites for hydroxylation is 1. The van der Waals surface area contributed by atoms with Crippen molar-refractivity contribution in [3.63, 3.8) is 0 Å². The van der Waals surface area contributed by atoms with E-state index < -0.39 is 0 Å². The molecule has 1 atom stereocenters. The van der Waals surface area contributed by atoms with Gasteiger partial charge in [0.2, 0.25) is 0 Å². The van der Waals surface area contributed by atoms with Gasteiger partial charge in [-0.05, 0) is 36.5 Å². The third-order valence-corrected chi connectivity index (χ3v) is 4.25. The monoisotopic (exact) mass is 248 g/mol. The van der Waals surface area contributed by atoms with E-state index in [-0.39, 0.29) is 0 Å². The molecule has 1 heterocycles. The van der Waals surface area contributed by atoms with E-state index in [0.717, 1.165) is 17.2 Å². The first-order chi connectivity index (χ1) is 8.06. The molecule has 17 heavy (non-hydrogen) atoms. The summed E-state index contributed by atoms with van der Waals surface area (Å²) >= 11 is 1.74. The lowest BCUT2D eigenvalue weighted by molar-refractivity contribution is 0.440. The van der Waals surface area contributed by atoms with E-state index in [2.05, 4.69) is 56.2 Å². The molecular formula is C14H20N2S. The van der Waals surface area contributed by atoms with E-state index in [0.29, 0.717) is 11.8 Å². The summed E-state index contributed by atoms with van der Waals surface area (Å²) in [7, 11) is 0. The summed E-state index contributed by atoms with van der Waals surface area (Å²) in [4.78, 5) is 4.61. The Hall–Kier alpha value is -1.09. The molecule has 0 fully saturated rings. The van der Waals surface area contributed by atoms with Gasteiger partial charge in [0, 0.05) is 6.54 Å². The maximum absolute atomic E-state index is 4.61. The molecule has 1 unspecified atom stereocenters. The molecule has 3 heteroatoms. The highest BCUT2D eigenvalue weighted by atomic mass is 32.1. The second-order valence-corrected chi connectivity index (χ2v) is 6.12. The second kappa shape index (κ2) is 5.05. The number of thiazole rings is 1. The molecule has 0 aliphatic rings. The highest BCUT2D eigenvalue weighted by Crippen LogP contribution is 2.26. The van der Waals surface area contributed by atoms with E-state index in [1.165, 1.54) is 10.3 Å². The lowest BCUT2D eigenvalue weighted by Crippen LogP contribution is -2.15. The summed E-state index contributed by atoms with van der Waals surface area (Å²) in [6, 6.07) is 6.43. The van der Waals surface area contributed by atoms with Crippen molar-refractivity contribution in [2.24, 2.45) is 11.8 Å². The van der Waals surface area contributed by atoms with Gasteiger partial charge < -0.3 is 5.32 Å². The molecule has 2 aromatic rings. The number of hydrogen-bond donors (Lipinski definition) is 1. The van der Waals surface area contributed by atoms with Crippen LogP contribution in [0.4, 0.5) is 5.13 Å². The molecule has 0 aliphatic heterocycles. The number of anilines is 1. The van der Waals surface area contributed by atoms with Crippen molar-refractivity contribution < 1.29 is 0 Å². The molecule has 1 aromatic carbocycles. The van der Waals surface area contributed by atoms with Gasteiger partial charge in [-0.25, -0.2) is 4.98 Å². The first-order valence-electron chi connectivity index (χ1n) is 6.17. The lowest BCUT2D eigenvalue weighted by Gasteiger charge is -2.15. The van der Waals surface area contributed by atoms with Gasteiger partial charge in [-0.3, -0.25) is 0 Å². The zero-order chi connectivity index (χ0) is 12.4. The number of rotatable bonds is 4. The quantitative estimate of drug-likeness (QED) is 0.872. The van der Waals surface area contributed by atoms with Crippen LogP contribution in [0.25, 0.3) is 10.2 Å². The summed E-state index contributed by atoms with van der Waals surface area (Å²) in [6.07, 6.45) is 0. The maximum atomic E-state index is 4.61. The predicted molar refractivity (Wildman–Crippen MR) is 76.8 cm³/mol. The van der Waals surface area contributed by atoms with E-state index in [9.17, 15) is 0 Å². The van der Waals surface area contributed by atoms with Crippen LogP contribution in [-0.2, 0) is 0 Å². The number of hydrogen-bond acceptors (Lipinski definition) is 3. The Kier molecular flexibility index (Phi) is 3.67. The topological polar surface area (TPSA) is 24.9 Å². The minimum absolute atomic E-state index is 0.670. The smallest absolute Gasteiger partial charge is 0.183 e. The number of aromatic nitrogens is 1. The van der Waals surface area contributed by atoms with Gasteiger partial charge in [-0.15, -0.1) is 0 Å². The Morgan fingerprint density at radius 2 is 2.06 bits per heavy atom. The molecule has 0 aliphatic carbocycles. The van der Waals surface area contributed by atoms with Crippen LogP contribution in [0, 0.1) is 18.8 Å². The molecule has 2 rings (SSSR count). The van der Waals surface area contributed by atoms with Crippen LogP contribution in [-0.4, -0.2) is 11.5 Å². The summed E-state index contributed by atoms with van der Waals surface area (Å²) in [5.41, 5.74) is 2.37. The number of nitrogens with zero attached hydrogens (tertiary/aromatic N) is 1. The van der Waals surface area contributed by atoms with Crippen molar-refractivity contribution in [1.29, 1.82) is 0 Å². The van der Waals surface area contributed by atoms with Gasteiger partial charge in [0.1, 0.15) is 0 Å². The van der Waals surface area contributed by atoms with Crippen LogP contribution >= 0.6 is 11.3 Å². The first-order valence-corrected chi connectivity index (χ1v) is 6.99. The Morgan fingerprint density at radius 1 is 1.29 bits per heavy atom. The van der Waals surface area contributed by atoms with Crippen LogP contribution in [0.5, 0.6) is 0 Å². The van der Waals surface area contributed by atoms with Crippen LogP contribution in [0.2, 0.25) is 0 Å². The molecule has 0 saturated carbocycles. The van der Waals surface area contributed by atoms with Crippen LogP contribution in [0.3, 0.4) is 0 Å². The first kappa shape index (κ1) is 12.4. The van der Waals surface area contributed by atoms with Crippen molar-refractivity contribution >= 4 is 26.7 Å². The van der Waals surface area contributed by atoms with E-state index >= 15 is 0 Å². The Labute approximate surface area is 107 Å². The molecule has 1 N–H and O–H groups in total. The van der Waals surface area contributed by atoms with E-state index in [1.807, 2.05) is 0 Å². The minimum atomic E-state index is 0.670. The average Bonchev–Trinajstić information content (AvgIpc) is 2.67. The van der Waals surface area contributed by atoms with Crippen molar-refractivity contribution in [1.82, 2.24) is 4.98 Å². The zero-order valence-corrected chi connectivity index (χ0v) is 11.8. The highest BCUT2D eigenvalue weighted by Gasteiger charge is 2.08. The molecule has 0 saturated heterocycles. The number of fused-ring (bicyclic) bond motifs is 1. The van der Waals surface area contributed by atoms with Crippen molar-refractivity contribution in [3.05, 3.63) is 23.8 Å². The minimum Gasteiger partial charge on any atom is -0.361 e. The second-order valence-electron chi connectivity index (χ2n) is 5.09. The third kappa shape index (κ3) is 2.97. The van der Waals surface area contributed by atoms with Crippen LogP contribution in [0.1, 0.15) is 26.3 Å². The van der Waals surface area contributed by atoms with Crippen LogP contribution < -0.4 is 5.32 Å². The largest absolute Gasteiger partial charge is 0.361 e. The normalized spacial score (nSPS) is 13.2. The third-order valence-electron chi connectivity index (χ3n) is 3.26. The van der Waals surface area contributed by atoms with Crippen molar-refractivity contribution in [3.8, 4) is 0 Å². The molecular weight excluding hydrogens is 228 g/mol. The SMILES string of the molecule is Cc1ccc2sc(NCC(C)C(C)C)nc2c1. The Bertz CT molecular complexity index is 502. The highest BCUT2D eigenvalue weighted by molar-refractivity contribution is 7.22. The summed E-state index contributed by atoms with van der Waals surface area (Å²) < 4.78 is 1.26. The van der Waals surface area contributed by atoms with Gasteiger partial charge in [-0.2, -0.15) is 0 Å². The van der Waals surface area contributed by atoms with Gasteiger partial charge in [0.15, 0.2) is 5.13 Å². The molecule has 2 nitrogen and oxygen atoms in total. The predicted octanol–water partition coefficient (Wildman–Crippen LogP) is 4.31. The summed E-state index contributed by atoms with van der Waals surface area (Å²) in [6.45, 7) is 9.89. The zero-order valence-electron chi connectivity index (χ0n) is 10.9. The molecule has 0 spiro atoms. The van der Waals surface area contributed by atoms with Gasteiger partial charge in [-0.1, -0.05) is 38.2 Å². The maximum Gasteiger partial charge on any atom is 0.183 e. The Morgan fingerprint density at radius 3 is 2.76 bits per heavy atom. The van der Waals surface area contributed by atoms with Gasteiger partial charge in [0.05, 0.1) is 10.2 Å².